The molecule has 0 bridgehead atoms. The molecule has 0 radical (unpaired) electrons. The summed E-state index contributed by atoms with van der Waals surface area (Å²) in [4.78, 5) is 32.5. The fraction of sp³-hybridized carbons (Fsp3) is 0.478. The maximum Gasteiger partial charge on any atom is 0.263 e. The van der Waals surface area contributed by atoms with Crippen molar-refractivity contribution in [3.8, 4) is 0 Å². The van der Waals surface area contributed by atoms with Crippen LogP contribution in [-0.2, 0) is 11.3 Å². The topological polar surface area (TPSA) is 43.9 Å². The number of thiophene rings is 1. The third-order valence-electron chi connectivity index (χ3n) is 6.09. The van der Waals surface area contributed by atoms with Crippen LogP contribution in [-0.4, -0.2) is 54.8 Å². The Kier molecular flexibility index (Phi) is 6.19. The van der Waals surface area contributed by atoms with Gasteiger partial charge in [0.2, 0.25) is 5.91 Å². The van der Waals surface area contributed by atoms with Crippen LogP contribution in [0.2, 0.25) is 0 Å². The Morgan fingerprint density at radius 2 is 1.76 bits per heavy atom. The summed E-state index contributed by atoms with van der Waals surface area (Å²) in [7, 11) is 1.91. The smallest absolute Gasteiger partial charge is 0.263 e. The van der Waals surface area contributed by atoms with Crippen LogP contribution in [0.3, 0.4) is 0 Å². The number of para-hydroxylation sites is 1. The van der Waals surface area contributed by atoms with E-state index in [0.717, 1.165) is 30.8 Å². The minimum atomic E-state index is 0.00587. The summed E-state index contributed by atoms with van der Waals surface area (Å²) in [5.74, 6) is 0.301. The van der Waals surface area contributed by atoms with E-state index in [9.17, 15) is 9.59 Å². The van der Waals surface area contributed by atoms with Crippen molar-refractivity contribution in [2.24, 2.45) is 5.92 Å². The highest BCUT2D eigenvalue weighted by atomic mass is 32.1. The normalized spacial score (nSPS) is 17.6. The van der Waals surface area contributed by atoms with Crippen molar-refractivity contribution in [3.05, 3.63) is 52.2 Å². The summed E-state index contributed by atoms with van der Waals surface area (Å²) in [6, 6.07) is 12.2. The van der Waals surface area contributed by atoms with Gasteiger partial charge in [-0.25, -0.2) is 0 Å². The molecular formula is C23H29N3O2S. The number of hydrogen-bond donors (Lipinski definition) is 0. The number of piperidine rings is 1. The van der Waals surface area contributed by atoms with E-state index in [2.05, 4.69) is 29.2 Å². The monoisotopic (exact) mass is 411 g/mol. The molecule has 0 atom stereocenters. The van der Waals surface area contributed by atoms with Crippen LogP contribution in [0.15, 0.2) is 41.8 Å². The quantitative estimate of drug-likeness (QED) is 0.750. The highest BCUT2D eigenvalue weighted by Crippen LogP contribution is 2.27. The second-order valence-electron chi connectivity index (χ2n) is 8.06. The highest BCUT2D eigenvalue weighted by Gasteiger charge is 2.30. The molecule has 2 fully saturated rings. The standard InChI is InChI=1S/C23H29N3O2S/c1-24(17-19-7-2-3-8-20(19)25-12-4-5-13-25)22(27)18-10-14-26(15-11-18)23(28)21-9-6-16-29-21/h2-3,6-9,16,18H,4-5,10-15,17H2,1H3. The second kappa shape index (κ2) is 8.99. The minimum Gasteiger partial charge on any atom is -0.371 e. The van der Waals surface area contributed by atoms with Crippen LogP contribution in [0.1, 0.15) is 40.9 Å². The van der Waals surface area contributed by atoms with Gasteiger partial charge in [-0.05, 0) is 48.8 Å². The first kappa shape index (κ1) is 20.0. The van der Waals surface area contributed by atoms with Gasteiger partial charge in [-0.3, -0.25) is 9.59 Å². The molecule has 4 rings (SSSR count). The van der Waals surface area contributed by atoms with Gasteiger partial charge in [-0.2, -0.15) is 0 Å². The van der Waals surface area contributed by atoms with E-state index in [4.69, 9.17) is 0 Å². The predicted octanol–water partition coefficient (Wildman–Crippen LogP) is 3.86. The third kappa shape index (κ3) is 4.47. The van der Waals surface area contributed by atoms with Gasteiger partial charge in [0.1, 0.15) is 0 Å². The van der Waals surface area contributed by atoms with Gasteiger partial charge in [-0.15, -0.1) is 11.3 Å². The van der Waals surface area contributed by atoms with Crippen LogP contribution in [0.5, 0.6) is 0 Å². The van der Waals surface area contributed by atoms with Crippen molar-refractivity contribution in [2.45, 2.75) is 32.2 Å². The van der Waals surface area contributed by atoms with Gasteiger partial charge in [0.05, 0.1) is 4.88 Å². The predicted molar refractivity (Wildman–Crippen MR) is 117 cm³/mol. The number of benzene rings is 1. The van der Waals surface area contributed by atoms with E-state index in [-0.39, 0.29) is 17.7 Å². The number of carbonyl (C=O) groups excluding carboxylic acids is 2. The van der Waals surface area contributed by atoms with Gasteiger partial charge >= 0.3 is 0 Å². The first-order chi connectivity index (χ1) is 14.1. The van der Waals surface area contributed by atoms with E-state index in [1.165, 1.54) is 35.4 Å². The molecular weight excluding hydrogens is 382 g/mol. The van der Waals surface area contributed by atoms with Crippen molar-refractivity contribution in [1.29, 1.82) is 0 Å². The van der Waals surface area contributed by atoms with Crippen LogP contribution in [0.4, 0.5) is 5.69 Å². The Labute approximate surface area is 176 Å². The van der Waals surface area contributed by atoms with E-state index >= 15 is 0 Å². The average molecular weight is 412 g/mol. The summed E-state index contributed by atoms with van der Waals surface area (Å²) in [6.07, 6.45) is 3.97. The average Bonchev–Trinajstić information content (AvgIpc) is 3.47. The Bertz CT molecular complexity index is 838. The molecule has 0 unspecified atom stereocenters. The molecule has 1 aromatic carbocycles. The van der Waals surface area contributed by atoms with Gasteiger partial charge in [0.25, 0.3) is 5.91 Å². The second-order valence-corrected chi connectivity index (χ2v) is 9.01. The maximum absolute atomic E-state index is 13.1. The molecule has 0 saturated carbocycles. The molecule has 2 aromatic rings. The zero-order chi connectivity index (χ0) is 20.2. The Balaban J connectivity index is 1.34. The minimum absolute atomic E-state index is 0.00587. The van der Waals surface area contributed by atoms with E-state index in [1.807, 2.05) is 34.4 Å². The zero-order valence-electron chi connectivity index (χ0n) is 17.0. The van der Waals surface area contributed by atoms with Crippen molar-refractivity contribution >= 4 is 28.8 Å². The molecule has 0 aliphatic carbocycles. The first-order valence-corrected chi connectivity index (χ1v) is 11.4. The van der Waals surface area contributed by atoms with Crippen LogP contribution < -0.4 is 4.90 Å². The molecule has 154 valence electrons. The largest absolute Gasteiger partial charge is 0.371 e. The van der Waals surface area contributed by atoms with E-state index in [0.29, 0.717) is 19.6 Å². The van der Waals surface area contributed by atoms with Crippen molar-refractivity contribution in [1.82, 2.24) is 9.80 Å². The fourth-order valence-electron chi connectivity index (χ4n) is 4.44. The Morgan fingerprint density at radius 3 is 2.45 bits per heavy atom. The van der Waals surface area contributed by atoms with E-state index < -0.39 is 0 Å². The van der Waals surface area contributed by atoms with Gasteiger partial charge in [0.15, 0.2) is 0 Å². The molecule has 2 saturated heterocycles. The Morgan fingerprint density at radius 1 is 1.03 bits per heavy atom. The van der Waals surface area contributed by atoms with Gasteiger partial charge in [0, 0.05) is 51.4 Å². The highest BCUT2D eigenvalue weighted by molar-refractivity contribution is 7.12. The summed E-state index contributed by atoms with van der Waals surface area (Å²) in [6.45, 7) is 4.16. The molecule has 0 N–H and O–H groups in total. The summed E-state index contributed by atoms with van der Waals surface area (Å²) in [5, 5.41) is 1.93. The van der Waals surface area contributed by atoms with Crippen LogP contribution in [0.25, 0.3) is 0 Å². The van der Waals surface area contributed by atoms with Crippen LogP contribution >= 0.6 is 11.3 Å². The van der Waals surface area contributed by atoms with Crippen LogP contribution in [0, 0.1) is 5.92 Å². The number of carbonyl (C=O) groups is 2. The molecule has 3 heterocycles. The lowest BCUT2D eigenvalue weighted by Gasteiger charge is -2.33. The van der Waals surface area contributed by atoms with E-state index in [1.54, 1.807) is 0 Å². The molecule has 29 heavy (non-hydrogen) atoms. The first-order valence-electron chi connectivity index (χ1n) is 10.5. The number of likely N-dealkylation sites (tertiary alicyclic amines) is 1. The molecule has 6 heteroatoms. The number of amides is 2. The summed E-state index contributed by atoms with van der Waals surface area (Å²) in [5.41, 5.74) is 2.48. The van der Waals surface area contributed by atoms with Crippen molar-refractivity contribution < 1.29 is 9.59 Å². The SMILES string of the molecule is CN(Cc1ccccc1N1CCCC1)C(=O)C1CCN(C(=O)c2cccs2)CC1. The lowest BCUT2D eigenvalue weighted by atomic mass is 9.95. The number of nitrogens with zero attached hydrogens (tertiary/aromatic N) is 3. The molecule has 1 aromatic heterocycles. The lowest BCUT2D eigenvalue weighted by Crippen LogP contribution is -2.43. The number of rotatable bonds is 5. The molecule has 2 amide bonds. The molecule has 2 aliphatic heterocycles. The van der Waals surface area contributed by atoms with Gasteiger partial charge < -0.3 is 14.7 Å². The molecule has 5 nitrogen and oxygen atoms in total. The fourth-order valence-corrected chi connectivity index (χ4v) is 5.13. The summed E-state index contributed by atoms with van der Waals surface area (Å²) >= 11 is 1.48. The Hall–Kier alpha value is -2.34. The molecule has 0 spiro atoms. The maximum atomic E-state index is 13.1. The summed E-state index contributed by atoms with van der Waals surface area (Å²) < 4.78 is 0. The molecule has 2 aliphatic rings. The lowest BCUT2D eigenvalue weighted by molar-refractivity contribution is -0.136. The van der Waals surface area contributed by atoms with Gasteiger partial charge in [-0.1, -0.05) is 24.3 Å². The third-order valence-corrected chi connectivity index (χ3v) is 6.94. The van der Waals surface area contributed by atoms with Crippen molar-refractivity contribution in [3.63, 3.8) is 0 Å². The number of hydrogen-bond acceptors (Lipinski definition) is 4. The number of anilines is 1. The zero-order valence-corrected chi connectivity index (χ0v) is 17.9. The van der Waals surface area contributed by atoms with Crippen molar-refractivity contribution in [2.75, 3.05) is 38.1 Å².